The van der Waals surface area contributed by atoms with Gasteiger partial charge < -0.3 is 5.32 Å². The summed E-state index contributed by atoms with van der Waals surface area (Å²) in [6, 6.07) is 6.95. The SMILES string of the molecule is Cc1cccc(CNC2CCCC(C)CC2)n1. The van der Waals surface area contributed by atoms with Crippen molar-refractivity contribution in [1.82, 2.24) is 10.3 Å². The number of hydrogen-bond acceptors (Lipinski definition) is 2. The van der Waals surface area contributed by atoms with Crippen molar-refractivity contribution >= 4 is 0 Å². The summed E-state index contributed by atoms with van der Waals surface area (Å²) in [5.41, 5.74) is 2.28. The molecule has 0 radical (unpaired) electrons. The Balaban J connectivity index is 1.81. The Bertz CT molecular complexity index is 349. The lowest BCUT2D eigenvalue weighted by atomic mass is 10.0. The number of nitrogens with one attached hydrogen (secondary N) is 1. The van der Waals surface area contributed by atoms with Gasteiger partial charge in [-0.1, -0.05) is 25.8 Å². The van der Waals surface area contributed by atoms with Gasteiger partial charge in [0.2, 0.25) is 0 Å². The molecule has 2 rings (SSSR count). The molecule has 17 heavy (non-hydrogen) atoms. The lowest BCUT2D eigenvalue weighted by Gasteiger charge is -2.16. The maximum absolute atomic E-state index is 4.53. The normalized spacial score (nSPS) is 25.5. The number of hydrogen-bond donors (Lipinski definition) is 1. The molecule has 0 spiro atoms. The van der Waals surface area contributed by atoms with Gasteiger partial charge in [0.15, 0.2) is 0 Å². The molecule has 0 bridgehead atoms. The maximum Gasteiger partial charge on any atom is 0.0544 e. The molecule has 0 amide bonds. The van der Waals surface area contributed by atoms with Gasteiger partial charge in [-0.2, -0.15) is 0 Å². The summed E-state index contributed by atoms with van der Waals surface area (Å²) in [6.07, 6.45) is 6.81. The number of pyridine rings is 1. The highest BCUT2D eigenvalue weighted by Gasteiger charge is 2.15. The second kappa shape index (κ2) is 6.15. The minimum Gasteiger partial charge on any atom is -0.308 e. The second-order valence-corrected chi connectivity index (χ2v) is 5.46. The fourth-order valence-corrected chi connectivity index (χ4v) is 2.64. The van der Waals surface area contributed by atoms with Crippen molar-refractivity contribution in [1.29, 1.82) is 0 Å². The lowest BCUT2D eigenvalue weighted by Crippen LogP contribution is -2.28. The van der Waals surface area contributed by atoms with E-state index in [4.69, 9.17) is 0 Å². The first kappa shape index (κ1) is 12.6. The maximum atomic E-state index is 4.53. The van der Waals surface area contributed by atoms with Gasteiger partial charge in [0.25, 0.3) is 0 Å². The van der Waals surface area contributed by atoms with Crippen LogP contribution in [0.15, 0.2) is 18.2 Å². The minimum absolute atomic E-state index is 0.697. The first-order chi connectivity index (χ1) is 8.24. The zero-order chi connectivity index (χ0) is 12.1. The predicted molar refractivity (Wildman–Crippen MR) is 71.9 cm³/mol. The van der Waals surface area contributed by atoms with Crippen molar-refractivity contribution in [2.75, 3.05) is 0 Å². The Kier molecular flexibility index (Phi) is 4.55. The Hall–Kier alpha value is -0.890. The molecule has 1 N–H and O–H groups in total. The first-order valence-electron chi connectivity index (χ1n) is 6.90. The molecule has 2 unspecified atom stereocenters. The van der Waals surface area contributed by atoms with Gasteiger partial charge in [-0.25, -0.2) is 0 Å². The molecule has 1 aromatic rings. The van der Waals surface area contributed by atoms with Crippen LogP contribution in [0.2, 0.25) is 0 Å². The molecule has 2 atom stereocenters. The highest BCUT2D eigenvalue weighted by atomic mass is 14.9. The van der Waals surface area contributed by atoms with Gasteiger partial charge in [0.1, 0.15) is 0 Å². The van der Waals surface area contributed by atoms with Crippen molar-refractivity contribution in [3.63, 3.8) is 0 Å². The van der Waals surface area contributed by atoms with E-state index < -0.39 is 0 Å². The van der Waals surface area contributed by atoms with Gasteiger partial charge in [-0.15, -0.1) is 0 Å². The molecule has 94 valence electrons. The number of aromatic nitrogens is 1. The van der Waals surface area contributed by atoms with E-state index in [0.29, 0.717) is 6.04 Å². The van der Waals surface area contributed by atoms with E-state index in [1.807, 2.05) is 0 Å². The van der Waals surface area contributed by atoms with Gasteiger partial charge >= 0.3 is 0 Å². The Morgan fingerprint density at radius 3 is 2.94 bits per heavy atom. The van der Waals surface area contributed by atoms with Crippen LogP contribution in [0.3, 0.4) is 0 Å². The third-order valence-corrected chi connectivity index (χ3v) is 3.78. The van der Waals surface area contributed by atoms with Crippen molar-refractivity contribution in [3.05, 3.63) is 29.6 Å². The van der Waals surface area contributed by atoms with Crippen LogP contribution < -0.4 is 5.32 Å². The molecule has 1 saturated carbocycles. The molecular formula is C15H24N2. The van der Waals surface area contributed by atoms with E-state index in [1.165, 1.54) is 37.8 Å². The standard InChI is InChI=1S/C15H24N2/c1-12-5-3-7-14(10-9-12)16-11-15-8-4-6-13(2)17-15/h4,6,8,12,14,16H,3,5,7,9-11H2,1-2H3. The average Bonchev–Trinajstić information content (AvgIpc) is 2.52. The van der Waals surface area contributed by atoms with Crippen LogP contribution in [-0.2, 0) is 6.54 Å². The molecule has 0 aromatic carbocycles. The molecular weight excluding hydrogens is 208 g/mol. The van der Waals surface area contributed by atoms with Crippen LogP contribution in [0.1, 0.15) is 50.4 Å². The third-order valence-electron chi connectivity index (χ3n) is 3.78. The molecule has 0 saturated heterocycles. The largest absolute Gasteiger partial charge is 0.308 e. The van der Waals surface area contributed by atoms with E-state index in [2.05, 4.69) is 42.3 Å². The summed E-state index contributed by atoms with van der Waals surface area (Å²) < 4.78 is 0. The Morgan fingerprint density at radius 2 is 2.12 bits per heavy atom. The molecule has 1 heterocycles. The first-order valence-corrected chi connectivity index (χ1v) is 6.90. The van der Waals surface area contributed by atoms with Gasteiger partial charge in [-0.05, 0) is 44.2 Å². The zero-order valence-electron chi connectivity index (χ0n) is 11.1. The Morgan fingerprint density at radius 1 is 1.24 bits per heavy atom. The van der Waals surface area contributed by atoms with Crippen molar-refractivity contribution in [2.24, 2.45) is 5.92 Å². The van der Waals surface area contributed by atoms with Gasteiger partial charge in [-0.3, -0.25) is 4.98 Å². The van der Waals surface area contributed by atoms with Crippen LogP contribution in [0.4, 0.5) is 0 Å². The molecule has 2 nitrogen and oxygen atoms in total. The van der Waals surface area contributed by atoms with Crippen LogP contribution in [0.25, 0.3) is 0 Å². The number of nitrogens with zero attached hydrogens (tertiary/aromatic N) is 1. The molecule has 1 aliphatic carbocycles. The summed E-state index contributed by atoms with van der Waals surface area (Å²) in [5.74, 6) is 0.916. The van der Waals surface area contributed by atoms with Gasteiger partial charge in [0.05, 0.1) is 5.69 Å². The van der Waals surface area contributed by atoms with Crippen LogP contribution in [0, 0.1) is 12.8 Å². The van der Waals surface area contributed by atoms with E-state index >= 15 is 0 Å². The molecule has 1 fully saturated rings. The third kappa shape index (κ3) is 4.12. The second-order valence-electron chi connectivity index (χ2n) is 5.46. The highest BCUT2D eigenvalue weighted by molar-refractivity contribution is 5.09. The monoisotopic (exact) mass is 232 g/mol. The smallest absolute Gasteiger partial charge is 0.0544 e. The summed E-state index contributed by atoms with van der Waals surface area (Å²) in [7, 11) is 0. The summed E-state index contributed by atoms with van der Waals surface area (Å²) in [6.45, 7) is 5.35. The highest BCUT2D eigenvalue weighted by Crippen LogP contribution is 2.22. The molecule has 2 heteroatoms. The number of aryl methyl sites for hydroxylation is 1. The van der Waals surface area contributed by atoms with Gasteiger partial charge in [0, 0.05) is 18.3 Å². The minimum atomic E-state index is 0.697. The van der Waals surface area contributed by atoms with Crippen molar-refractivity contribution in [3.8, 4) is 0 Å². The quantitative estimate of drug-likeness (QED) is 0.807. The lowest BCUT2D eigenvalue weighted by molar-refractivity contribution is 0.445. The summed E-state index contributed by atoms with van der Waals surface area (Å²) in [4.78, 5) is 4.53. The van der Waals surface area contributed by atoms with Crippen molar-refractivity contribution < 1.29 is 0 Å². The fraction of sp³-hybridized carbons (Fsp3) is 0.667. The summed E-state index contributed by atoms with van der Waals surface area (Å²) in [5, 5.41) is 3.66. The zero-order valence-corrected chi connectivity index (χ0v) is 11.1. The molecule has 1 aromatic heterocycles. The van der Waals surface area contributed by atoms with Crippen LogP contribution in [0.5, 0.6) is 0 Å². The number of rotatable bonds is 3. The summed E-state index contributed by atoms with van der Waals surface area (Å²) >= 11 is 0. The van der Waals surface area contributed by atoms with Crippen molar-refractivity contribution in [2.45, 2.75) is 58.5 Å². The molecule has 1 aliphatic rings. The average molecular weight is 232 g/mol. The topological polar surface area (TPSA) is 24.9 Å². The fourth-order valence-electron chi connectivity index (χ4n) is 2.64. The van der Waals surface area contributed by atoms with E-state index in [-0.39, 0.29) is 0 Å². The Labute approximate surface area is 105 Å². The predicted octanol–water partition coefficient (Wildman–Crippen LogP) is 3.45. The van der Waals surface area contributed by atoms with E-state index in [1.54, 1.807) is 0 Å². The van der Waals surface area contributed by atoms with Crippen LogP contribution in [-0.4, -0.2) is 11.0 Å². The van der Waals surface area contributed by atoms with E-state index in [0.717, 1.165) is 18.2 Å². The van der Waals surface area contributed by atoms with Crippen LogP contribution >= 0.6 is 0 Å². The van der Waals surface area contributed by atoms with E-state index in [9.17, 15) is 0 Å². The molecule has 0 aliphatic heterocycles.